The van der Waals surface area contributed by atoms with Crippen molar-refractivity contribution < 1.29 is 22.5 Å². The standard InChI is InChI=1S/C21H26FN3O3S/c1-16(18-6-4-3-5-7-18)23-21(26)17(2)24-12-14-25(15-13-24)29(27,28)20-10-8-19(22)9-11-20/h3-11,16-17H,12-15H2,1-2H3,(H,23,26)/p+1/t16-,17+/m1/s1. The van der Waals surface area contributed by atoms with Crippen LogP contribution in [0, 0.1) is 5.82 Å². The molecule has 0 saturated carbocycles. The van der Waals surface area contributed by atoms with E-state index in [2.05, 4.69) is 5.32 Å². The molecule has 1 saturated heterocycles. The van der Waals surface area contributed by atoms with Crippen molar-refractivity contribution in [3.63, 3.8) is 0 Å². The molecule has 0 radical (unpaired) electrons. The van der Waals surface area contributed by atoms with E-state index in [0.29, 0.717) is 26.2 Å². The van der Waals surface area contributed by atoms with Crippen LogP contribution in [0.15, 0.2) is 59.5 Å². The maximum atomic E-state index is 13.1. The van der Waals surface area contributed by atoms with Crippen LogP contribution in [0.4, 0.5) is 4.39 Å². The number of piperazine rings is 1. The van der Waals surface area contributed by atoms with Gasteiger partial charge >= 0.3 is 0 Å². The van der Waals surface area contributed by atoms with Gasteiger partial charge in [-0.15, -0.1) is 0 Å². The lowest BCUT2D eigenvalue weighted by molar-refractivity contribution is -0.917. The Bertz CT molecular complexity index is 927. The lowest BCUT2D eigenvalue weighted by Crippen LogP contribution is -3.19. The molecule has 0 aromatic heterocycles. The van der Waals surface area contributed by atoms with Gasteiger partial charge in [-0.2, -0.15) is 4.31 Å². The average Bonchev–Trinajstić information content (AvgIpc) is 2.74. The van der Waals surface area contributed by atoms with Gasteiger partial charge in [-0.3, -0.25) is 4.79 Å². The summed E-state index contributed by atoms with van der Waals surface area (Å²) in [5.41, 5.74) is 1.04. The Morgan fingerprint density at radius 1 is 1.03 bits per heavy atom. The van der Waals surface area contributed by atoms with Crippen LogP contribution >= 0.6 is 0 Å². The number of halogens is 1. The molecular formula is C21H27FN3O3S+. The molecule has 2 atom stereocenters. The summed E-state index contributed by atoms with van der Waals surface area (Å²) in [6, 6.07) is 14.2. The maximum absolute atomic E-state index is 13.1. The molecule has 156 valence electrons. The van der Waals surface area contributed by atoms with Crippen LogP contribution in [-0.4, -0.2) is 50.9 Å². The number of carbonyl (C=O) groups is 1. The minimum absolute atomic E-state index is 0.0498. The first kappa shape index (κ1) is 21.4. The normalized spacial score (nSPS) is 18.2. The second-order valence-corrected chi connectivity index (χ2v) is 9.32. The molecule has 6 nitrogen and oxygen atoms in total. The number of hydrogen-bond donors (Lipinski definition) is 2. The zero-order chi connectivity index (χ0) is 21.0. The van der Waals surface area contributed by atoms with E-state index in [9.17, 15) is 17.6 Å². The van der Waals surface area contributed by atoms with Crippen molar-refractivity contribution in [3.8, 4) is 0 Å². The zero-order valence-corrected chi connectivity index (χ0v) is 17.5. The molecule has 0 unspecified atom stereocenters. The van der Waals surface area contributed by atoms with Gasteiger partial charge in [0.05, 0.1) is 37.1 Å². The van der Waals surface area contributed by atoms with Gasteiger partial charge in [0.25, 0.3) is 5.91 Å². The average molecular weight is 421 g/mol. The number of rotatable bonds is 6. The third kappa shape index (κ3) is 5.01. The summed E-state index contributed by atoms with van der Waals surface area (Å²) in [5.74, 6) is -0.519. The first-order chi connectivity index (χ1) is 13.8. The number of benzene rings is 2. The van der Waals surface area contributed by atoms with Gasteiger partial charge in [0.2, 0.25) is 10.0 Å². The van der Waals surface area contributed by atoms with E-state index in [1.165, 1.54) is 16.4 Å². The van der Waals surface area contributed by atoms with Gasteiger partial charge in [0.15, 0.2) is 6.04 Å². The van der Waals surface area contributed by atoms with Crippen LogP contribution in [0.25, 0.3) is 0 Å². The van der Waals surface area contributed by atoms with Crippen LogP contribution in [-0.2, 0) is 14.8 Å². The topological polar surface area (TPSA) is 70.9 Å². The molecule has 1 aliphatic rings. The fourth-order valence-electron chi connectivity index (χ4n) is 3.55. The molecule has 0 spiro atoms. The third-order valence-electron chi connectivity index (χ3n) is 5.48. The summed E-state index contributed by atoms with van der Waals surface area (Å²) in [6.45, 7) is 5.53. The first-order valence-electron chi connectivity index (χ1n) is 9.74. The Balaban J connectivity index is 1.57. The number of nitrogens with one attached hydrogen (secondary N) is 2. The van der Waals surface area contributed by atoms with Crippen molar-refractivity contribution in [2.45, 2.75) is 30.8 Å². The zero-order valence-electron chi connectivity index (χ0n) is 16.6. The molecular weight excluding hydrogens is 393 g/mol. The van der Waals surface area contributed by atoms with E-state index in [1.807, 2.05) is 44.2 Å². The van der Waals surface area contributed by atoms with Crippen LogP contribution in [0.5, 0.6) is 0 Å². The molecule has 1 fully saturated rings. The molecule has 0 bridgehead atoms. The Morgan fingerprint density at radius 2 is 1.62 bits per heavy atom. The smallest absolute Gasteiger partial charge is 0.278 e. The highest BCUT2D eigenvalue weighted by Gasteiger charge is 2.34. The summed E-state index contributed by atoms with van der Waals surface area (Å²) in [7, 11) is -3.65. The molecule has 2 N–H and O–H groups in total. The molecule has 1 heterocycles. The van der Waals surface area contributed by atoms with Gasteiger partial charge in [0.1, 0.15) is 5.82 Å². The lowest BCUT2D eigenvalue weighted by atomic mass is 10.1. The number of amides is 1. The van der Waals surface area contributed by atoms with E-state index in [1.54, 1.807) is 0 Å². The monoisotopic (exact) mass is 420 g/mol. The van der Waals surface area contributed by atoms with Crippen LogP contribution < -0.4 is 10.2 Å². The molecule has 2 aromatic rings. The van der Waals surface area contributed by atoms with Crippen molar-refractivity contribution in [3.05, 3.63) is 66.0 Å². The van der Waals surface area contributed by atoms with Crippen molar-refractivity contribution in [1.29, 1.82) is 0 Å². The van der Waals surface area contributed by atoms with Crippen molar-refractivity contribution in [1.82, 2.24) is 9.62 Å². The van der Waals surface area contributed by atoms with E-state index in [-0.39, 0.29) is 22.9 Å². The molecule has 1 aliphatic heterocycles. The molecule has 29 heavy (non-hydrogen) atoms. The largest absolute Gasteiger partial charge is 0.344 e. The highest BCUT2D eigenvalue weighted by Crippen LogP contribution is 2.16. The van der Waals surface area contributed by atoms with Gasteiger partial charge in [-0.25, -0.2) is 12.8 Å². The minimum Gasteiger partial charge on any atom is -0.344 e. The van der Waals surface area contributed by atoms with Crippen LogP contribution in [0.1, 0.15) is 25.5 Å². The van der Waals surface area contributed by atoms with E-state index >= 15 is 0 Å². The van der Waals surface area contributed by atoms with E-state index in [4.69, 9.17) is 0 Å². The highest BCUT2D eigenvalue weighted by atomic mass is 32.2. The fourth-order valence-corrected chi connectivity index (χ4v) is 4.99. The minimum atomic E-state index is -3.65. The first-order valence-corrected chi connectivity index (χ1v) is 11.2. The Labute approximate surface area is 171 Å². The Hall–Kier alpha value is -2.29. The number of sulfonamides is 1. The lowest BCUT2D eigenvalue weighted by Gasteiger charge is -2.34. The van der Waals surface area contributed by atoms with Gasteiger partial charge < -0.3 is 10.2 Å². The number of hydrogen-bond acceptors (Lipinski definition) is 3. The second-order valence-electron chi connectivity index (χ2n) is 7.38. The Kier molecular flexibility index (Phi) is 6.66. The second kappa shape index (κ2) is 9.02. The summed E-state index contributed by atoms with van der Waals surface area (Å²) < 4.78 is 39.9. The van der Waals surface area contributed by atoms with E-state index in [0.717, 1.165) is 22.6 Å². The number of nitrogens with zero attached hydrogens (tertiary/aromatic N) is 1. The van der Waals surface area contributed by atoms with Gasteiger partial charge in [0, 0.05) is 0 Å². The van der Waals surface area contributed by atoms with Crippen molar-refractivity contribution >= 4 is 15.9 Å². The highest BCUT2D eigenvalue weighted by molar-refractivity contribution is 7.89. The quantitative estimate of drug-likeness (QED) is 0.732. The van der Waals surface area contributed by atoms with Crippen LogP contribution in [0.3, 0.4) is 0 Å². The molecule has 0 aliphatic carbocycles. The molecule has 2 aromatic carbocycles. The summed E-state index contributed by atoms with van der Waals surface area (Å²) >= 11 is 0. The summed E-state index contributed by atoms with van der Waals surface area (Å²) in [5, 5.41) is 3.04. The fraction of sp³-hybridized carbons (Fsp3) is 0.381. The number of carbonyl (C=O) groups excluding carboxylic acids is 1. The van der Waals surface area contributed by atoms with Crippen LogP contribution in [0.2, 0.25) is 0 Å². The summed E-state index contributed by atoms with van der Waals surface area (Å²) in [6.07, 6.45) is 0. The molecule has 1 amide bonds. The van der Waals surface area contributed by atoms with Gasteiger partial charge in [-0.05, 0) is 43.7 Å². The molecule has 3 rings (SSSR count). The maximum Gasteiger partial charge on any atom is 0.278 e. The number of quaternary nitrogens is 1. The van der Waals surface area contributed by atoms with Crippen molar-refractivity contribution in [2.75, 3.05) is 26.2 Å². The SMILES string of the molecule is C[C@@H](NC(=O)[C@H](C)[NH+]1CCN(S(=O)(=O)c2ccc(F)cc2)CC1)c1ccccc1. The summed E-state index contributed by atoms with van der Waals surface area (Å²) in [4.78, 5) is 13.8. The molecule has 8 heteroatoms. The van der Waals surface area contributed by atoms with E-state index < -0.39 is 15.8 Å². The predicted octanol–water partition coefficient (Wildman–Crippen LogP) is 0.981. The third-order valence-corrected chi connectivity index (χ3v) is 7.39. The van der Waals surface area contributed by atoms with Gasteiger partial charge in [-0.1, -0.05) is 30.3 Å². The Morgan fingerprint density at radius 3 is 2.21 bits per heavy atom. The predicted molar refractivity (Wildman–Crippen MR) is 108 cm³/mol. The van der Waals surface area contributed by atoms with Crippen molar-refractivity contribution in [2.24, 2.45) is 0 Å².